The summed E-state index contributed by atoms with van der Waals surface area (Å²) >= 11 is 0. The molecule has 248 valence electrons. The Balaban J connectivity index is 1.39. The summed E-state index contributed by atoms with van der Waals surface area (Å²) in [5.41, 5.74) is 1.65. The summed E-state index contributed by atoms with van der Waals surface area (Å²) in [5, 5.41) is 9.29. The normalized spacial score (nSPS) is 44.4. The minimum Gasteiger partial charge on any atom is -0.481 e. The molecule has 5 aliphatic carbocycles. The van der Waals surface area contributed by atoms with Crippen molar-refractivity contribution in [2.45, 2.75) is 151 Å². The molecule has 0 heterocycles. The van der Waals surface area contributed by atoms with Crippen LogP contribution in [-0.4, -0.2) is 29.4 Å². The highest BCUT2D eigenvalue weighted by molar-refractivity contribution is 5.73. The molecule has 0 amide bonds. The van der Waals surface area contributed by atoms with Gasteiger partial charge in [0.1, 0.15) is 12.4 Å². The Labute approximate surface area is 267 Å². The van der Waals surface area contributed by atoms with Crippen LogP contribution in [0.25, 0.3) is 0 Å². The number of rotatable bonds is 9. The fourth-order valence-corrected chi connectivity index (χ4v) is 13.3. The van der Waals surface area contributed by atoms with E-state index in [1.165, 1.54) is 56.9 Å². The molecule has 0 spiro atoms. The van der Waals surface area contributed by atoms with Gasteiger partial charge in [-0.15, -0.1) is 0 Å². The molecule has 1 N–H and O–H groups in total. The highest BCUT2D eigenvalue weighted by Gasteiger charge is 2.71. The topological polar surface area (TPSA) is 80.7 Å². The summed E-state index contributed by atoms with van der Waals surface area (Å²) in [6.45, 7) is 23.0. The van der Waals surface area contributed by atoms with Gasteiger partial charge in [0, 0.05) is 11.8 Å². The predicted octanol–water partition coefficient (Wildman–Crippen LogP) is 9.43. The number of carboxylic acid groups (broad SMARTS) is 1. The first-order valence-electron chi connectivity index (χ1n) is 17.9. The van der Waals surface area contributed by atoms with Crippen molar-refractivity contribution >= 4 is 18.2 Å². The third kappa shape index (κ3) is 5.13. The standard InChI is InChI=1S/C39H62O5/c1-25(2)26-13-19-39(16-10-22-40)21-20-37(8)27(33(26)39)11-12-29-36(7)17-15-30(35(5,6)28(36)14-18-38(29,37)9)44-32(43)24-34(3,4)23-31(41)42/h22,26-30,33H,1,10-21,23-24H2,2-9H3,(H,41,42)/t26-,27?,28?,29?,30-,33?,36-,37+,38+,39+/m0/s1. The molecule has 5 heteroatoms. The van der Waals surface area contributed by atoms with Crippen LogP contribution < -0.4 is 0 Å². The third-order valence-corrected chi connectivity index (χ3v) is 15.5. The average Bonchev–Trinajstić information content (AvgIpc) is 3.28. The summed E-state index contributed by atoms with van der Waals surface area (Å²) in [4.78, 5) is 36.0. The minimum absolute atomic E-state index is 0.0386. The number of aldehydes is 1. The second kappa shape index (κ2) is 11.3. The fraction of sp³-hybridized carbons (Fsp3) is 0.872. The van der Waals surface area contributed by atoms with Gasteiger partial charge in [0.2, 0.25) is 0 Å². The molecule has 5 saturated carbocycles. The minimum atomic E-state index is -0.877. The summed E-state index contributed by atoms with van der Waals surface area (Å²) in [6, 6.07) is 0. The van der Waals surface area contributed by atoms with Gasteiger partial charge < -0.3 is 14.6 Å². The van der Waals surface area contributed by atoms with Gasteiger partial charge in [-0.25, -0.2) is 0 Å². The van der Waals surface area contributed by atoms with Crippen LogP contribution in [0.15, 0.2) is 12.2 Å². The first-order valence-corrected chi connectivity index (χ1v) is 17.9. The van der Waals surface area contributed by atoms with Gasteiger partial charge in [-0.1, -0.05) is 60.6 Å². The molecule has 5 aliphatic rings. The van der Waals surface area contributed by atoms with Crippen LogP contribution in [0, 0.1) is 62.1 Å². The van der Waals surface area contributed by atoms with Crippen molar-refractivity contribution in [1.29, 1.82) is 0 Å². The maximum atomic E-state index is 13.1. The number of hydrogen-bond acceptors (Lipinski definition) is 4. The third-order valence-electron chi connectivity index (χ3n) is 15.5. The fourth-order valence-electron chi connectivity index (χ4n) is 13.3. The smallest absolute Gasteiger partial charge is 0.306 e. The lowest BCUT2D eigenvalue weighted by molar-refractivity contribution is -0.250. The molecule has 0 aromatic rings. The van der Waals surface area contributed by atoms with E-state index >= 15 is 0 Å². The van der Waals surface area contributed by atoms with Crippen molar-refractivity contribution < 1.29 is 24.2 Å². The molecule has 0 saturated heterocycles. The van der Waals surface area contributed by atoms with Crippen LogP contribution in [0.3, 0.4) is 0 Å². The largest absolute Gasteiger partial charge is 0.481 e. The molecule has 0 aliphatic heterocycles. The van der Waals surface area contributed by atoms with Crippen molar-refractivity contribution in [2.75, 3.05) is 0 Å². The van der Waals surface area contributed by atoms with E-state index in [0.717, 1.165) is 25.5 Å². The Kier molecular flexibility index (Phi) is 8.62. The van der Waals surface area contributed by atoms with Crippen LogP contribution in [0.4, 0.5) is 0 Å². The summed E-state index contributed by atoms with van der Waals surface area (Å²) in [5.74, 6) is 1.92. The Morgan fingerprint density at radius 2 is 1.59 bits per heavy atom. The first-order chi connectivity index (χ1) is 20.4. The highest BCUT2D eigenvalue weighted by Crippen LogP contribution is 2.78. The zero-order chi connectivity index (χ0) is 32.5. The molecule has 0 bridgehead atoms. The van der Waals surface area contributed by atoms with E-state index in [9.17, 15) is 19.5 Å². The van der Waals surface area contributed by atoms with E-state index in [1.807, 2.05) is 13.8 Å². The molecular weight excluding hydrogens is 548 g/mol. The molecule has 5 rings (SSSR count). The Morgan fingerprint density at radius 1 is 0.886 bits per heavy atom. The number of hydrogen-bond donors (Lipinski definition) is 1. The van der Waals surface area contributed by atoms with Crippen LogP contribution in [-0.2, 0) is 19.1 Å². The Hall–Kier alpha value is -1.65. The van der Waals surface area contributed by atoms with Crippen LogP contribution in [0.1, 0.15) is 145 Å². The molecule has 0 radical (unpaired) electrons. The summed E-state index contributed by atoms with van der Waals surface area (Å²) in [6.07, 6.45) is 14.8. The lowest BCUT2D eigenvalue weighted by atomic mass is 9.32. The van der Waals surface area contributed by atoms with Gasteiger partial charge >= 0.3 is 11.9 Å². The lowest BCUT2D eigenvalue weighted by Gasteiger charge is -2.73. The van der Waals surface area contributed by atoms with E-state index in [1.54, 1.807) is 0 Å². The molecule has 44 heavy (non-hydrogen) atoms. The Morgan fingerprint density at radius 3 is 2.23 bits per heavy atom. The van der Waals surface area contributed by atoms with Gasteiger partial charge in [-0.2, -0.15) is 0 Å². The lowest BCUT2D eigenvalue weighted by Crippen LogP contribution is -2.66. The maximum Gasteiger partial charge on any atom is 0.306 e. The highest BCUT2D eigenvalue weighted by atomic mass is 16.5. The number of aliphatic carboxylic acids is 1. The molecule has 10 atom stereocenters. The summed E-state index contributed by atoms with van der Waals surface area (Å²) in [7, 11) is 0. The number of fused-ring (bicyclic) bond motifs is 7. The van der Waals surface area contributed by atoms with Crippen molar-refractivity contribution in [3.63, 3.8) is 0 Å². The van der Waals surface area contributed by atoms with E-state index in [2.05, 4.69) is 48.1 Å². The quantitative estimate of drug-likeness (QED) is 0.160. The number of allylic oxidation sites excluding steroid dienone is 1. The number of carboxylic acids is 1. The van der Waals surface area contributed by atoms with Gasteiger partial charge in [0.25, 0.3) is 0 Å². The van der Waals surface area contributed by atoms with Gasteiger partial charge in [-0.05, 0) is 134 Å². The van der Waals surface area contributed by atoms with E-state index < -0.39 is 11.4 Å². The van der Waals surface area contributed by atoms with Crippen molar-refractivity contribution in [1.82, 2.24) is 0 Å². The van der Waals surface area contributed by atoms with Crippen LogP contribution in [0.5, 0.6) is 0 Å². The van der Waals surface area contributed by atoms with E-state index in [0.29, 0.717) is 41.4 Å². The zero-order valence-corrected chi connectivity index (χ0v) is 29.2. The second-order valence-corrected chi connectivity index (χ2v) is 18.5. The van der Waals surface area contributed by atoms with Crippen LogP contribution >= 0.6 is 0 Å². The molecule has 5 nitrogen and oxygen atoms in total. The molecular formula is C39H62O5. The number of carbonyl (C=O) groups excluding carboxylic acids is 2. The predicted molar refractivity (Wildman–Crippen MR) is 175 cm³/mol. The first kappa shape index (κ1) is 33.7. The zero-order valence-electron chi connectivity index (χ0n) is 29.2. The van der Waals surface area contributed by atoms with Crippen molar-refractivity contribution in [3.8, 4) is 0 Å². The maximum absolute atomic E-state index is 13.1. The molecule has 4 unspecified atom stereocenters. The number of carbonyl (C=O) groups is 3. The van der Waals surface area contributed by atoms with Gasteiger partial charge in [0.15, 0.2) is 0 Å². The number of esters is 1. The molecule has 0 aromatic heterocycles. The van der Waals surface area contributed by atoms with Crippen LogP contribution in [0.2, 0.25) is 0 Å². The SMILES string of the molecule is C=C(C)[C@@H]1CC[C@]2(CCC=O)CC[C@]3(C)C(CCC4[C@@]5(C)CC[C@H](OC(=O)CC(C)(C)CC(=O)O)C(C)(C)C5CC[C@]43C)C12. The molecule has 5 fully saturated rings. The second-order valence-electron chi connectivity index (χ2n) is 18.5. The summed E-state index contributed by atoms with van der Waals surface area (Å²) < 4.78 is 6.24. The number of ether oxygens (including phenoxy) is 1. The average molecular weight is 611 g/mol. The van der Waals surface area contributed by atoms with E-state index in [-0.39, 0.29) is 46.6 Å². The molecule has 0 aromatic carbocycles. The monoisotopic (exact) mass is 610 g/mol. The van der Waals surface area contributed by atoms with E-state index in [4.69, 9.17) is 4.74 Å². The van der Waals surface area contributed by atoms with Gasteiger partial charge in [-0.3, -0.25) is 9.59 Å². The van der Waals surface area contributed by atoms with Crippen molar-refractivity contribution in [3.05, 3.63) is 12.2 Å². The van der Waals surface area contributed by atoms with Crippen molar-refractivity contribution in [2.24, 2.45) is 62.1 Å². The Bertz CT molecular complexity index is 1170. The van der Waals surface area contributed by atoms with Gasteiger partial charge in [0.05, 0.1) is 12.8 Å².